The molecule has 8 nitrogen and oxygen atoms in total. The molecule has 1 heterocycles. The minimum absolute atomic E-state index is 0.00763. The number of hydrogen-bond donors (Lipinski definition) is 3. The van der Waals surface area contributed by atoms with Crippen molar-refractivity contribution >= 4 is 35.1 Å². The van der Waals surface area contributed by atoms with Gasteiger partial charge < -0.3 is 21.5 Å². The topological polar surface area (TPSA) is 129 Å². The summed E-state index contributed by atoms with van der Waals surface area (Å²) in [7, 11) is 0. The predicted molar refractivity (Wildman–Crippen MR) is 98.3 cm³/mol. The summed E-state index contributed by atoms with van der Waals surface area (Å²) in [5.74, 6) is 0.361. The number of para-hydroxylation sites is 1. The van der Waals surface area contributed by atoms with Crippen molar-refractivity contribution in [3.63, 3.8) is 0 Å². The van der Waals surface area contributed by atoms with Gasteiger partial charge in [-0.2, -0.15) is 15.0 Å². The van der Waals surface area contributed by atoms with E-state index in [9.17, 15) is 4.79 Å². The smallest absolute Gasteiger partial charge is 0.252 e. The minimum atomic E-state index is -0.583. The van der Waals surface area contributed by atoms with Gasteiger partial charge in [-0.3, -0.25) is 4.79 Å². The van der Waals surface area contributed by atoms with Gasteiger partial charge in [0.2, 0.25) is 11.9 Å². The molecule has 0 fully saturated rings. The van der Waals surface area contributed by atoms with Gasteiger partial charge in [0.1, 0.15) is 12.4 Å². The molecule has 0 radical (unpaired) electrons. The molecule has 5 N–H and O–H groups in total. The van der Waals surface area contributed by atoms with Crippen molar-refractivity contribution in [2.75, 3.05) is 11.1 Å². The summed E-state index contributed by atoms with van der Waals surface area (Å²) in [6, 6.07) is 13.7. The number of amides is 1. The summed E-state index contributed by atoms with van der Waals surface area (Å²) in [5.41, 5.74) is 12.1. The lowest BCUT2D eigenvalue weighted by atomic mass is 10.2. The van der Waals surface area contributed by atoms with Gasteiger partial charge in [0.05, 0.1) is 5.56 Å². The van der Waals surface area contributed by atoms with E-state index in [1.807, 2.05) is 0 Å². The Labute approximate surface area is 154 Å². The molecule has 0 spiro atoms. The van der Waals surface area contributed by atoms with E-state index < -0.39 is 5.91 Å². The van der Waals surface area contributed by atoms with E-state index in [1.165, 1.54) is 0 Å². The second-order valence-corrected chi connectivity index (χ2v) is 5.65. The maximum absolute atomic E-state index is 11.4. The van der Waals surface area contributed by atoms with Crippen LogP contribution < -0.4 is 21.5 Å². The number of carbonyl (C=O) groups is 1. The predicted octanol–water partition coefficient (Wildman–Crippen LogP) is 2.53. The first-order valence-corrected chi connectivity index (χ1v) is 7.94. The molecule has 0 saturated carbocycles. The van der Waals surface area contributed by atoms with Gasteiger partial charge in [-0.25, -0.2) is 0 Å². The van der Waals surface area contributed by atoms with Crippen molar-refractivity contribution in [3.05, 3.63) is 64.9 Å². The highest BCUT2D eigenvalue weighted by Gasteiger charge is 2.10. The number of carbonyl (C=O) groups excluding carboxylic acids is 1. The Hall–Kier alpha value is -3.39. The molecule has 9 heteroatoms. The van der Waals surface area contributed by atoms with Crippen molar-refractivity contribution in [2.24, 2.45) is 5.73 Å². The quantitative estimate of drug-likeness (QED) is 0.607. The Balaban J connectivity index is 1.76. The van der Waals surface area contributed by atoms with Gasteiger partial charge in [-0.15, -0.1) is 0 Å². The molecule has 0 aliphatic rings. The first-order chi connectivity index (χ1) is 12.5. The largest absolute Gasteiger partial charge is 0.485 e. The Morgan fingerprint density at radius 2 is 1.81 bits per heavy atom. The summed E-state index contributed by atoms with van der Waals surface area (Å²) in [6.07, 6.45) is 0. The van der Waals surface area contributed by atoms with Crippen LogP contribution in [0, 0.1) is 0 Å². The number of hydrogen-bond acceptors (Lipinski definition) is 7. The zero-order valence-corrected chi connectivity index (χ0v) is 14.3. The van der Waals surface area contributed by atoms with Crippen LogP contribution in [0.2, 0.25) is 5.02 Å². The summed E-state index contributed by atoms with van der Waals surface area (Å²) < 4.78 is 5.61. The van der Waals surface area contributed by atoms with Crippen LogP contribution >= 0.6 is 11.6 Å². The molecule has 0 bridgehead atoms. The summed E-state index contributed by atoms with van der Waals surface area (Å²) in [5, 5.41) is 3.63. The minimum Gasteiger partial charge on any atom is -0.485 e. The van der Waals surface area contributed by atoms with E-state index >= 15 is 0 Å². The van der Waals surface area contributed by atoms with Gasteiger partial charge >= 0.3 is 0 Å². The number of nitrogens with two attached hydrogens (primary N) is 2. The molecule has 3 rings (SSSR count). The molecule has 1 aromatic heterocycles. The fourth-order valence-corrected chi connectivity index (χ4v) is 2.29. The normalized spacial score (nSPS) is 10.3. The second kappa shape index (κ2) is 7.66. The molecule has 0 unspecified atom stereocenters. The number of primary amides is 1. The van der Waals surface area contributed by atoms with Crippen molar-refractivity contribution < 1.29 is 9.53 Å². The molecule has 26 heavy (non-hydrogen) atoms. The van der Waals surface area contributed by atoms with Crippen LogP contribution in [0.4, 0.5) is 17.6 Å². The molecule has 0 aliphatic heterocycles. The molecule has 132 valence electrons. The number of halogens is 1. The van der Waals surface area contributed by atoms with Crippen molar-refractivity contribution in [3.8, 4) is 5.75 Å². The monoisotopic (exact) mass is 370 g/mol. The van der Waals surface area contributed by atoms with Crippen molar-refractivity contribution in [1.29, 1.82) is 0 Å². The Morgan fingerprint density at radius 1 is 1.08 bits per heavy atom. The van der Waals surface area contributed by atoms with Crippen LogP contribution in [0.3, 0.4) is 0 Å². The highest BCUT2D eigenvalue weighted by molar-refractivity contribution is 6.30. The lowest BCUT2D eigenvalue weighted by molar-refractivity contribution is 0.0995. The van der Waals surface area contributed by atoms with Crippen LogP contribution in [0.15, 0.2) is 48.5 Å². The van der Waals surface area contributed by atoms with Gasteiger partial charge in [0, 0.05) is 10.7 Å². The number of nitrogens with zero attached hydrogens (tertiary/aromatic N) is 3. The van der Waals surface area contributed by atoms with Gasteiger partial charge in [-0.1, -0.05) is 23.7 Å². The van der Waals surface area contributed by atoms with E-state index in [-0.39, 0.29) is 24.1 Å². The van der Waals surface area contributed by atoms with E-state index in [0.29, 0.717) is 16.6 Å². The van der Waals surface area contributed by atoms with Crippen LogP contribution in [0.1, 0.15) is 16.2 Å². The number of aromatic nitrogens is 3. The van der Waals surface area contributed by atoms with Crippen LogP contribution in [0.5, 0.6) is 5.75 Å². The fourth-order valence-electron chi connectivity index (χ4n) is 2.16. The molecule has 0 aliphatic carbocycles. The zero-order valence-electron chi connectivity index (χ0n) is 13.5. The Morgan fingerprint density at radius 3 is 2.54 bits per heavy atom. The lowest BCUT2D eigenvalue weighted by Crippen LogP contribution is -2.14. The average molecular weight is 371 g/mol. The first-order valence-electron chi connectivity index (χ1n) is 7.56. The number of rotatable bonds is 6. The third kappa shape index (κ3) is 4.37. The summed E-state index contributed by atoms with van der Waals surface area (Å²) in [6.45, 7) is -0.00763. The molecule has 3 aromatic rings. The number of ether oxygens (including phenoxy) is 1. The van der Waals surface area contributed by atoms with E-state index in [4.69, 9.17) is 27.8 Å². The van der Waals surface area contributed by atoms with Crippen molar-refractivity contribution in [1.82, 2.24) is 15.0 Å². The zero-order chi connectivity index (χ0) is 18.5. The molecule has 1 amide bonds. The molecule has 0 atom stereocenters. The Kier molecular flexibility index (Phi) is 5.14. The second-order valence-electron chi connectivity index (χ2n) is 5.21. The number of anilines is 3. The lowest BCUT2D eigenvalue weighted by Gasteiger charge is -2.10. The van der Waals surface area contributed by atoms with E-state index in [1.54, 1.807) is 48.5 Å². The third-order valence-electron chi connectivity index (χ3n) is 3.31. The number of nitrogens with one attached hydrogen (secondary N) is 1. The molecular weight excluding hydrogens is 356 g/mol. The van der Waals surface area contributed by atoms with Crippen LogP contribution in [-0.2, 0) is 6.61 Å². The summed E-state index contributed by atoms with van der Waals surface area (Å²) in [4.78, 5) is 23.7. The first kappa shape index (κ1) is 17.4. The standard InChI is InChI=1S/C17H15ClN6O2/c18-10-5-7-11(8-6-10)21-17-23-14(22-16(20)24-17)9-26-13-4-2-1-3-12(13)15(19)25/h1-8H,9H2,(H2,19,25)(H3,20,21,22,23,24). The SMILES string of the molecule is NC(=O)c1ccccc1OCc1nc(N)nc(Nc2ccc(Cl)cc2)n1. The highest BCUT2D eigenvalue weighted by atomic mass is 35.5. The van der Waals surface area contributed by atoms with Gasteiger partial charge in [0.25, 0.3) is 5.91 Å². The number of nitrogen functional groups attached to an aromatic ring is 1. The van der Waals surface area contributed by atoms with Crippen molar-refractivity contribution in [2.45, 2.75) is 6.61 Å². The van der Waals surface area contributed by atoms with E-state index in [2.05, 4.69) is 20.3 Å². The molecule has 2 aromatic carbocycles. The summed E-state index contributed by atoms with van der Waals surface area (Å²) >= 11 is 5.86. The molecular formula is C17H15ClN6O2. The third-order valence-corrected chi connectivity index (χ3v) is 3.56. The fraction of sp³-hybridized carbons (Fsp3) is 0.0588. The van der Waals surface area contributed by atoms with Crippen LogP contribution in [-0.4, -0.2) is 20.9 Å². The maximum atomic E-state index is 11.4. The van der Waals surface area contributed by atoms with Gasteiger partial charge in [0.15, 0.2) is 5.82 Å². The Bertz CT molecular complexity index is 933. The average Bonchev–Trinajstić information content (AvgIpc) is 2.62. The number of benzene rings is 2. The highest BCUT2D eigenvalue weighted by Crippen LogP contribution is 2.19. The molecule has 0 saturated heterocycles. The van der Waals surface area contributed by atoms with Gasteiger partial charge in [-0.05, 0) is 36.4 Å². The van der Waals surface area contributed by atoms with Crippen LogP contribution in [0.25, 0.3) is 0 Å². The van der Waals surface area contributed by atoms with E-state index in [0.717, 1.165) is 5.69 Å². The maximum Gasteiger partial charge on any atom is 0.252 e.